The summed E-state index contributed by atoms with van der Waals surface area (Å²) in [5.74, 6) is -1.46. The van der Waals surface area contributed by atoms with Crippen molar-refractivity contribution in [1.29, 1.82) is 0 Å². The number of hydrogen-bond donors (Lipinski definition) is 2. The zero-order chi connectivity index (χ0) is 14.0. The standard InChI is InChI=1S/C12H7ClINO3S/c13-10-4-3-9(19-10)11(16)15-8-2-1-6(14)5-7(8)12(17)18/h1-5H,(H,15,16)(H,17,18). The highest BCUT2D eigenvalue weighted by Gasteiger charge is 2.15. The normalized spacial score (nSPS) is 10.2. The molecule has 98 valence electrons. The molecule has 0 aliphatic carbocycles. The van der Waals surface area contributed by atoms with E-state index in [2.05, 4.69) is 5.32 Å². The SMILES string of the molecule is O=C(Nc1ccc(I)cc1C(=O)O)c1ccc(Cl)s1. The van der Waals surface area contributed by atoms with Crippen molar-refractivity contribution in [3.05, 3.63) is 48.7 Å². The number of anilines is 1. The van der Waals surface area contributed by atoms with Crippen molar-refractivity contribution < 1.29 is 14.7 Å². The molecule has 19 heavy (non-hydrogen) atoms. The van der Waals surface area contributed by atoms with E-state index in [1.807, 2.05) is 22.6 Å². The van der Waals surface area contributed by atoms with Crippen LogP contribution >= 0.6 is 45.5 Å². The van der Waals surface area contributed by atoms with Gasteiger partial charge in [-0.2, -0.15) is 0 Å². The number of hydrogen-bond acceptors (Lipinski definition) is 3. The summed E-state index contributed by atoms with van der Waals surface area (Å²) in [6.07, 6.45) is 0. The fourth-order valence-electron chi connectivity index (χ4n) is 1.42. The molecular weight excluding hydrogens is 401 g/mol. The zero-order valence-electron chi connectivity index (χ0n) is 9.31. The van der Waals surface area contributed by atoms with E-state index in [4.69, 9.17) is 16.7 Å². The molecule has 4 nitrogen and oxygen atoms in total. The Bertz CT molecular complexity index is 656. The first-order valence-electron chi connectivity index (χ1n) is 5.07. The molecule has 0 radical (unpaired) electrons. The van der Waals surface area contributed by atoms with Gasteiger partial charge in [0.05, 0.1) is 20.5 Å². The number of rotatable bonds is 3. The first kappa shape index (κ1) is 14.3. The number of carbonyl (C=O) groups is 2. The molecule has 0 bridgehead atoms. The van der Waals surface area contributed by atoms with Gasteiger partial charge in [-0.3, -0.25) is 4.79 Å². The maximum atomic E-state index is 11.9. The van der Waals surface area contributed by atoms with Gasteiger partial charge in [0.15, 0.2) is 0 Å². The molecule has 0 fully saturated rings. The lowest BCUT2D eigenvalue weighted by Gasteiger charge is -2.07. The minimum Gasteiger partial charge on any atom is -0.478 e. The van der Waals surface area contributed by atoms with Crippen LogP contribution in [-0.4, -0.2) is 17.0 Å². The Hall–Kier alpha value is -1.12. The third-order valence-corrected chi connectivity index (χ3v) is 4.16. The van der Waals surface area contributed by atoms with E-state index in [1.54, 1.807) is 24.3 Å². The Morgan fingerprint density at radius 2 is 2.00 bits per heavy atom. The minimum absolute atomic E-state index is 0.0582. The second-order valence-electron chi connectivity index (χ2n) is 3.55. The number of thiophene rings is 1. The summed E-state index contributed by atoms with van der Waals surface area (Å²) in [5, 5.41) is 11.7. The molecule has 0 saturated carbocycles. The van der Waals surface area contributed by atoms with Gasteiger partial charge in [0.25, 0.3) is 5.91 Å². The zero-order valence-corrected chi connectivity index (χ0v) is 13.0. The topological polar surface area (TPSA) is 66.4 Å². The van der Waals surface area contributed by atoms with Crippen LogP contribution in [0.25, 0.3) is 0 Å². The highest BCUT2D eigenvalue weighted by atomic mass is 127. The smallest absolute Gasteiger partial charge is 0.337 e. The number of carbonyl (C=O) groups excluding carboxylic acids is 1. The first-order chi connectivity index (χ1) is 8.97. The number of nitrogens with one attached hydrogen (secondary N) is 1. The Balaban J connectivity index is 2.28. The van der Waals surface area contributed by atoms with E-state index >= 15 is 0 Å². The Labute approximate surface area is 131 Å². The lowest BCUT2D eigenvalue weighted by molar-refractivity contribution is 0.0698. The summed E-state index contributed by atoms with van der Waals surface area (Å²) in [6.45, 7) is 0. The second-order valence-corrected chi connectivity index (χ2v) is 6.51. The van der Waals surface area contributed by atoms with Crippen molar-refractivity contribution in [2.24, 2.45) is 0 Å². The molecular formula is C12H7ClINO3S. The largest absolute Gasteiger partial charge is 0.478 e. The van der Waals surface area contributed by atoms with Crippen LogP contribution in [0.3, 0.4) is 0 Å². The first-order valence-corrected chi connectivity index (χ1v) is 7.34. The Kier molecular flexibility index (Phi) is 4.43. The molecule has 0 spiro atoms. The van der Waals surface area contributed by atoms with Crippen molar-refractivity contribution in [2.45, 2.75) is 0 Å². The molecule has 2 rings (SSSR count). The molecule has 1 aromatic heterocycles. The molecule has 1 amide bonds. The highest BCUT2D eigenvalue weighted by Crippen LogP contribution is 2.24. The summed E-state index contributed by atoms with van der Waals surface area (Å²) >= 11 is 8.90. The van der Waals surface area contributed by atoms with E-state index in [0.29, 0.717) is 9.21 Å². The molecule has 0 atom stereocenters. The lowest BCUT2D eigenvalue weighted by atomic mass is 10.2. The Morgan fingerprint density at radius 1 is 1.26 bits per heavy atom. The van der Waals surface area contributed by atoms with Gasteiger partial charge >= 0.3 is 5.97 Å². The molecule has 0 aliphatic heterocycles. The minimum atomic E-state index is -1.09. The fourth-order valence-corrected chi connectivity index (χ4v) is 2.85. The van der Waals surface area contributed by atoms with Gasteiger partial charge in [-0.25, -0.2) is 4.79 Å². The van der Waals surface area contributed by atoms with E-state index in [0.717, 1.165) is 14.9 Å². The average molecular weight is 408 g/mol. The average Bonchev–Trinajstić information content (AvgIpc) is 2.78. The quantitative estimate of drug-likeness (QED) is 0.757. The van der Waals surface area contributed by atoms with E-state index in [-0.39, 0.29) is 17.2 Å². The number of amides is 1. The van der Waals surface area contributed by atoms with Crippen LogP contribution in [0.2, 0.25) is 4.34 Å². The van der Waals surface area contributed by atoms with Gasteiger partial charge in [-0.1, -0.05) is 11.6 Å². The van der Waals surface area contributed by atoms with Crippen LogP contribution in [0.15, 0.2) is 30.3 Å². The molecule has 0 unspecified atom stereocenters. The van der Waals surface area contributed by atoms with Crippen LogP contribution in [0, 0.1) is 3.57 Å². The van der Waals surface area contributed by atoms with E-state index in [1.165, 1.54) is 6.07 Å². The van der Waals surface area contributed by atoms with Crippen molar-refractivity contribution >= 4 is 63.1 Å². The molecule has 2 N–H and O–H groups in total. The maximum absolute atomic E-state index is 11.9. The predicted octanol–water partition coefficient (Wildman–Crippen LogP) is 3.96. The fraction of sp³-hybridized carbons (Fsp3) is 0. The summed E-state index contributed by atoms with van der Waals surface area (Å²) in [6, 6.07) is 8.00. The highest BCUT2D eigenvalue weighted by molar-refractivity contribution is 14.1. The van der Waals surface area contributed by atoms with Crippen LogP contribution < -0.4 is 5.32 Å². The lowest BCUT2D eigenvalue weighted by Crippen LogP contribution is -2.13. The van der Waals surface area contributed by atoms with Crippen LogP contribution in [0.1, 0.15) is 20.0 Å². The summed E-state index contributed by atoms with van der Waals surface area (Å²) in [7, 11) is 0. The molecule has 1 aromatic carbocycles. The number of carboxylic acids is 1. The summed E-state index contributed by atoms with van der Waals surface area (Å²) in [5.41, 5.74) is 0.324. The van der Waals surface area contributed by atoms with Crippen molar-refractivity contribution in [3.63, 3.8) is 0 Å². The predicted molar refractivity (Wildman–Crippen MR) is 83.4 cm³/mol. The molecule has 2 aromatic rings. The van der Waals surface area contributed by atoms with Gasteiger partial charge in [-0.15, -0.1) is 11.3 Å². The molecule has 0 saturated heterocycles. The molecule has 7 heteroatoms. The molecule has 1 heterocycles. The number of halogens is 2. The third-order valence-electron chi connectivity index (χ3n) is 2.26. The van der Waals surface area contributed by atoms with Crippen molar-refractivity contribution in [2.75, 3.05) is 5.32 Å². The number of benzene rings is 1. The van der Waals surface area contributed by atoms with Gasteiger partial charge in [0, 0.05) is 3.57 Å². The van der Waals surface area contributed by atoms with E-state index in [9.17, 15) is 9.59 Å². The summed E-state index contributed by atoms with van der Waals surface area (Å²) in [4.78, 5) is 23.5. The third kappa shape index (κ3) is 3.46. The van der Waals surface area contributed by atoms with Gasteiger partial charge < -0.3 is 10.4 Å². The van der Waals surface area contributed by atoms with Crippen LogP contribution in [-0.2, 0) is 0 Å². The number of aromatic carboxylic acids is 1. The maximum Gasteiger partial charge on any atom is 0.337 e. The monoisotopic (exact) mass is 407 g/mol. The van der Waals surface area contributed by atoms with Crippen molar-refractivity contribution in [1.82, 2.24) is 0 Å². The second kappa shape index (κ2) is 5.89. The number of carboxylic acid groups (broad SMARTS) is 1. The van der Waals surface area contributed by atoms with Gasteiger partial charge in [0.1, 0.15) is 0 Å². The van der Waals surface area contributed by atoms with Gasteiger partial charge in [0.2, 0.25) is 0 Å². The summed E-state index contributed by atoms with van der Waals surface area (Å²) < 4.78 is 1.29. The molecule has 0 aliphatic rings. The Morgan fingerprint density at radius 3 is 2.58 bits per heavy atom. The van der Waals surface area contributed by atoms with Crippen LogP contribution in [0.5, 0.6) is 0 Å². The van der Waals surface area contributed by atoms with Crippen LogP contribution in [0.4, 0.5) is 5.69 Å². The van der Waals surface area contributed by atoms with E-state index < -0.39 is 5.97 Å². The van der Waals surface area contributed by atoms with Crippen molar-refractivity contribution in [3.8, 4) is 0 Å². The van der Waals surface area contributed by atoms with Gasteiger partial charge in [-0.05, 0) is 52.9 Å².